The van der Waals surface area contributed by atoms with E-state index in [1.165, 1.54) is 5.56 Å². The molecule has 0 aliphatic carbocycles. The molecule has 160 valence electrons. The Morgan fingerprint density at radius 2 is 1.68 bits per heavy atom. The molecule has 1 saturated heterocycles. The first kappa shape index (κ1) is 21.9. The van der Waals surface area contributed by atoms with E-state index in [1.54, 1.807) is 6.07 Å². The maximum absolute atomic E-state index is 13.0. The van der Waals surface area contributed by atoms with Crippen LogP contribution in [0.1, 0.15) is 21.5 Å². The van der Waals surface area contributed by atoms with Crippen molar-refractivity contribution in [3.05, 3.63) is 99.0 Å². The minimum atomic E-state index is 0.0696. The van der Waals surface area contributed by atoms with Gasteiger partial charge >= 0.3 is 0 Å². The molecular weight excluding hydrogens is 476 g/mol. The first-order chi connectivity index (χ1) is 15.1. The van der Waals surface area contributed by atoms with E-state index in [9.17, 15) is 4.79 Å². The van der Waals surface area contributed by atoms with Gasteiger partial charge in [0.05, 0.1) is 5.02 Å². The number of amides is 1. The van der Waals surface area contributed by atoms with E-state index in [2.05, 4.69) is 39.0 Å². The Kier molecular flexibility index (Phi) is 7.28. The van der Waals surface area contributed by atoms with Gasteiger partial charge in [0.15, 0.2) is 0 Å². The monoisotopic (exact) mass is 498 g/mol. The predicted octanol–water partition coefficient (Wildman–Crippen LogP) is 5.64. The molecule has 1 fully saturated rings. The average molecular weight is 500 g/mol. The lowest BCUT2D eigenvalue weighted by Gasteiger charge is -2.35. The molecule has 0 spiro atoms. The largest absolute Gasteiger partial charge is 0.487 e. The maximum atomic E-state index is 13.0. The summed E-state index contributed by atoms with van der Waals surface area (Å²) in [4.78, 5) is 17.4. The molecule has 0 atom stereocenters. The number of piperazine rings is 1. The zero-order valence-electron chi connectivity index (χ0n) is 17.1. The van der Waals surface area contributed by atoms with Gasteiger partial charge in [-0.25, -0.2) is 0 Å². The van der Waals surface area contributed by atoms with Crippen LogP contribution in [-0.4, -0.2) is 41.9 Å². The summed E-state index contributed by atoms with van der Waals surface area (Å²) in [6, 6.07) is 23.3. The van der Waals surface area contributed by atoms with Crippen molar-refractivity contribution in [3.63, 3.8) is 0 Å². The smallest absolute Gasteiger partial charge is 0.253 e. The standard InChI is InChI=1S/C25H24BrClN2O2/c26-22-9-2-1-7-21(22)17-28-12-14-29(15-13-28)25(30)20-8-5-6-19(16-20)18-31-24-11-4-3-10-23(24)27/h1-11,16H,12-15,17-18H2. The van der Waals surface area contributed by atoms with Gasteiger partial charge in [-0.15, -0.1) is 0 Å². The second-order valence-corrected chi connectivity index (χ2v) is 8.84. The molecule has 31 heavy (non-hydrogen) atoms. The molecule has 1 aliphatic rings. The summed E-state index contributed by atoms with van der Waals surface area (Å²) in [5.74, 6) is 0.710. The molecule has 0 bridgehead atoms. The lowest BCUT2D eigenvalue weighted by molar-refractivity contribution is 0.0628. The SMILES string of the molecule is O=C(c1cccc(COc2ccccc2Cl)c1)N1CCN(Cc2ccccc2Br)CC1. The summed E-state index contributed by atoms with van der Waals surface area (Å²) < 4.78 is 6.94. The van der Waals surface area contributed by atoms with Gasteiger partial charge in [-0.3, -0.25) is 9.69 Å². The minimum absolute atomic E-state index is 0.0696. The maximum Gasteiger partial charge on any atom is 0.253 e. The lowest BCUT2D eigenvalue weighted by Crippen LogP contribution is -2.48. The normalized spacial score (nSPS) is 14.5. The van der Waals surface area contributed by atoms with Gasteiger partial charge in [0, 0.05) is 42.8 Å². The van der Waals surface area contributed by atoms with E-state index in [-0.39, 0.29) is 5.91 Å². The molecular formula is C25H24BrClN2O2. The molecule has 0 radical (unpaired) electrons. The fourth-order valence-electron chi connectivity index (χ4n) is 3.68. The number of hydrogen-bond donors (Lipinski definition) is 0. The average Bonchev–Trinajstić information content (AvgIpc) is 2.80. The highest BCUT2D eigenvalue weighted by atomic mass is 79.9. The zero-order chi connectivity index (χ0) is 21.6. The Morgan fingerprint density at radius 1 is 0.935 bits per heavy atom. The van der Waals surface area contributed by atoms with Gasteiger partial charge in [-0.1, -0.05) is 70.0 Å². The number of carbonyl (C=O) groups excluding carboxylic acids is 1. The van der Waals surface area contributed by atoms with Gasteiger partial charge < -0.3 is 9.64 Å². The van der Waals surface area contributed by atoms with Crippen molar-refractivity contribution in [2.75, 3.05) is 26.2 Å². The molecule has 1 heterocycles. The molecule has 0 unspecified atom stereocenters. The van der Waals surface area contributed by atoms with Gasteiger partial charge in [-0.05, 0) is 41.5 Å². The zero-order valence-corrected chi connectivity index (χ0v) is 19.5. The van der Waals surface area contributed by atoms with Crippen LogP contribution in [0.15, 0.2) is 77.3 Å². The first-order valence-electron chi connectivity index (χ1n) is 10.3. The van der Waals surface area contributed by atoms with Crippen LogP contribution in [0.3, 0.4) is 0 Å². The number of rotatable bonds is 6. The highest BCUT2D eigenvalue weighted by Gasteiger charge is 2.22. The van der Waals surface area contributed by atoms with Crippen LogP contribution in [0, 0.1) is 0 Å². The molecule has 4 nitrogen and oxygen atoms in total. The summed E-state index contributed by atoms with van der Waals surface area (Å²) in [6.45, 7) is 4.43. The third-order valence-electron chi connectivity index (χ3n) is 5.42. The number of hydrogen-bond acceptors (Lipinski definition) is 3. The third-order valence-corrected chi connectivity index (χ3v) is 6.50. The van der Waals surface area contributed by atoms with E-state index in [4.69, 9.17) is 16.3 Å². The molecule has 3 aromatic rings. The number of halogens is 2. The Hall–Kier alpha value is -2.34. The van der Waals surface area contributed by atoms with Crippen molar-refractivity contribution in [2.45, 2.75) is 13.2 Å². The van der Waals surface area contributed by atoms with Gasteiger partial charge in [0.25, 0.3) is 5.91 Å². The molecule has 1 aliphatic heterocycles. The van der Waals surface area contributed by atoms with Crippen LogP contribution in [0.25, 0.3) is 0 Å². The number of benzene rings is 3. The Balaban J connectivity index is 1.33. The number of ether oxygens (including phenoxy) is 1. The summed E-state index contributed by atoms with van der Waals surface area (Å²) in [5.41, 5.74) is 2.91. The summed E-state index contributed by atoms with van der Waals surface area (Å²) >= 11 is 9.77. The molecule has 1 amide bonds. The Morgan fingerprint density at radius 3 is 2.45 bits per heavy atom. The third kappa shape index (κ3) is 5.67. The summed E-state index contributed by atoms with van der Waals surface area (Å²) in [6.07, 6.45) is 0. The first-order valence-corrected chi connectivity index (χ1v) is 11.5. The highest BCUT2D eigenvalue weighted by molar-refractivity contribution is 9.10. The molecule has 3 aromatic carbocycles. The van der Waals surface area contributed by atoms with E-state index in [0.717, 1.165) is 42.8 Å². The van der Waals surface area contributed by atoms with Crippen molar-refractivity contribution < 1.29 is 9.53 Å². The summed E-state index contributed by atoms with van der Waals surface area (Å²) in [5, 5.41) is 0.579. The fraction of sp³-hybridized carbons (Fsp3) is 0.240. The summed E-state index contributed by atoms with van der Waals surface area (Å²) in [7, 11) is 0. The van der Waals surface area contributed by atoms with E-state index >= 15 is 0 Å². The van der Waals surface area contributed by atoms with E-state index in [1.807, 2.05) is 53.4 Å². The lowest BCUT2D eigenvalue weighted by atomic mass is 10.1. The van der Waals surface area contributed by atoms with Crippen LogP contribution < -0.4 is 4.74 Å². The quantitative estimate of drug-likeness (QED) is 0.440. The minimum Gasteiger partial charge on any atom is -0.487 e. The fourth-order valence-corrected chi connectivity index (χ4v) is 4.28. The second kappa shape index (κ2) is 10.3. The van der Waals surface area contributed by atoms with Crippen molar-refractivity contribution in [2.24, 2.45) is 0 Å². The predicted molar refractivity (Wildman–Crippen MR) is 128 cm³/mol. The van der Waals surface area contributed by atoms with Gasteiger partial charge in [0.1, 0.15) is 12.4 Å². The van der Waals surface area contributed by atoms with Crippen LogP contribution in [-0.2, 0) is 13.2 Å². The number of carbonyl (C=O) groups is 1. The molecule has 0 saturated carbocycles. The van der Waals surface area contributed by atoms with Crippen LogP contribution in [0.5, 0.6) is 5.75 Å². The number of nitrogens with zero attached hydrogens (tertiary/aromatic N) is 2. The van der Waals surface area contributed by atoms with Crippen LogP contribution in [0.4, 0.5) is 0 Å². The van der Waals surface area contributed by atoms with Crippen LogP contribution >= 0.6 is 27.5 Å². The number of para-hydroxylation sites is 1. The van der Waals surface area contributed by atoms with Gasteiger partial charge in [-0.2, -0.15) is 0 Å². The van der Waals surface area contributed by atoms with Crippen molar-refractivity contribution >= 4 is 33.4 Å². The van der Waals surface area contributed by atoms with E-state index in [0.29, 0.717) is 22.9 Å². The second-order valence-electron chi connectivity index (χ2n) is 7.58. The Labute approximate surface area is 196 Å². The highest BCUT2D eigenvalue weighted by Crippen LogP contribution is 2.24. The molecule has 0 aromatic heterocycles. The molecule has 4 rings (SSSR count). The Bertz CT molecular complexity index is 1050. The van der Waals surface area contributed by atoms with Crippen LogP contribution in [0.2, 0.25) is 5.02 Å². The topological polar surface area (TPSA) is 32.8 Å². The van der Waals surface area contributed by atoms with Crippen molar-refractivity contribution in [3.8, 4) is 5.75 Å². The van der Waals surface area contributed by atoms with E-state index < -0.39 is 0 Å². The molecule has 6 heteroatoms. The molecule has 0 N–H and O–H groups in total. The van der Waals surface area contributed by atoms with Crippen molar-refractivity contribution in [1.82, 2.24) is 9.80 Å². The van der Waals surface area contributed by atoms with Crippen molar-refractivity contribution in [1.29, 1.82) is 0 Å². The van der Waals surface area contributed by atoms with Gasteiger partial charge in [0.2, 0.25) is 0 Å².